The Labute approximate surface area is 117 Å². The number of pyridine rings is 1. The van der Waals surface area contributed by atoms with Gasteiger partial charge in [0.05, 0.1) is 18.2 Å². The first kappa shape index (κ1) is 12.7. The molecule has 2 aromatic rings. The molecule has 0 radical (unpaired) electrons. The Bertz CT molecular complexity index is 614. The number of fused-ring (bicyclic) bond motifs is 1. The van der Waals surface area contributed by atoms with Crippen LogP contribution in [0.25, 0.3) is 10.9 Å². The number of aryl methyl sites for hydroxylation is 1. The predicted molar refractivity (Wildman–Crippen MR) is 78.9 cm³/mol. The molecule has 0 bridgehead atoms. The van der Waals surface area contributed by atoms with Gasteiger partial charge in [-0.25, -0.2) is 4.98 Å². The van der Waals surface area contributed by atoms with Gasteiger partial charge in [0, 0.05) is 17.0 Å². The number of benzene rings is 1. The minimum absolute atomic E-state index is 0.189. The van der Waals surface area contributed by atoms with Crippen molar-refractivity contribution in [2.75, 3.05) is 18.1 Å². The number of aromatic nitrogens is 1. The fourth-order valence-electron chi connectivity index (χ4n) is 2.80. The van der Waals surface area contributed by atoms with Gasteiger partial charge >= 0.3 is 0 Å². The van der Waals surface area contributed by atoms with Gasteiger partial charge in [-0.15, -0.1) is 0 Å². The molecule has 0 unspecified atom stereocenters. The highest BCUT2D eigenvalue weighted by Gasteiger charge is 2.25. The van der Waals surface area contributed by atoms with Crippen LogP contribution in [0.2, 0.25) is 5.02 Å². The minimum atomic E-state index is 0.189. The summed E-state index contributed by atoms with van der Waals surface area (Å²) in [7, 11) is 0. The number of nitrogens with zero attached hydrogens (tertiary/aromatic N) is 2. The van der Waals surface area contributed by atoms with Crippen molar-refractivity contribution in [3.05, 3.63) is 34.9 Å². The van der Waals surface area contributed by atoms with Gasteiger partial charge in [-0.1, -0.05) is 17.7 Å². The molecule has 2 heterocycles. The van der Waals surface area contributed by atoms with E-state index in [-0.39, 0.29) is 12.6 Å². The third-order valence-electron chi connectivity index (χ3n) is 3.87. The average Bonchev–Trinajstić information content (AvgIpc) is 2.91. The SMILES string of the molecule is Cc1ccc(Cl)c2ccc(N3CCC[C@@H]3CO)nc12. The maximum atomic E-state index is 9.42. The second kappa shape index (κ2) is 4.99. The molecule has 100 valence electrons. The predicted octanol–water partition coefficient (Wildman–Crippen LogP) is 3.16. The molecule has 3 nitrogen and oxygen atoms in total. The Hall–Kier alpha value is -1.32. The van der Waals surface area contributed by atoms with Gasteiger partial charge < -0.3 is 10.0 Å². The van der Waals surface area contributed by atoms with Crippen molar-refractivity contribution in [3.8, 4) is 0 Å². The van der Waals surface area contributed by atoms with E-state index in [4.69, 9.17) is 16.6 Å². The van der Waals surface area contributed by atoms with Crippen LogP contribution < -0.4 is 4.90 Å². The van der Waals surface area contributed by atoms with Crippen molar-refractivity contribution < 1.29 is 5.11 Å². The van der Waals surface area contributed by atoms with Crippen LogP contribution in [-0.2, 0) is 0 Å². The number of rotatable bonds is 2. The standard InChI is InChI=1S/C15H17ClN2O/c1-10-4-6-13(16)12-5-7-14(17-15(10)12)18-8-2-3-11(18)9-19/h4-7,11,19H,2-3,8-9H2,1H3/t11-/m1/s1. The third-order valence-corrected chi connectivity index (χ3v) is 4.20. The number of anilines is 1. The summed E-state index contributed by atoms with van der Waals surface area (Å²) in [6, 6.07) is 8.13. The Kier molecular flexibility index (Phi) is 3.33. The molecule has 0 amide bonds. The molecule has 3 rings (SSSR count). The molecular weight excluding hydrogens is 260 g/mol. The highest BCUT2D eigenvalue weighted by Crippen LogP contribution is 2.30. The maximum Gasteiger partial charge on any atom is 0.129 e. The summed E-state index contributed by atoms with van der Waals surface area (Å²) in [6.07, 6.45) is 2.14. The largest absolute Gasteiger partial charge is 0.394 e. The Morgan fingerprint density at radius 1 is 1.37 bits per heavy atom. The van der Waals surface area contributed by atoms with E-state index < -0.39 is 0 Å². The summed E-state index contributed by atoms with van der Waals surface area (Å²) in [5, 5.41) is 11.1. The van der Waals surface area contributed by atoms with E-state index in [1.54, 1.807) is 0 Å². The first-order valence-corrected chi connectivity index (χ1v) is 7.02. The summed E-state index contributed by atoms with van der Waals surface area (Å²) >= 11 is 6.20. The van der Waals surface area contributed by atoms with Gasteiger partial charge in [0.25, 0.3) is 0 Å². The van der Waals surface area contributed by atoms with Crippen LogP contribution in [0.5, 0.6) is 0 Å². The van der Waals surface area contributed by atoms with E-state index >= 15 is 0 Å². The molecule has 1 aromatic carbocycles. The molecule has 1 N–H and O–H groups in total. The van der Waals surface area contributed by atoms with E-state index in [2.05, 4.69) is 4.90 Å². The van der Waals surface area contributed by atoms with Gasteiger partial charge in [-0.05, 0) is 43.5 Å². The molecule has 1 saturated heterocycles. The highest BCUT2D eigenvalue weighted by molar-refractivity contribution is 6.35. The molecule has 1 aromatic heterocycles. The third kappa shape index (κ3) is 2.17. The lowest BCUT2D eigenvalue weighted by atomic mass is 10.1. The second-order valence-electron chi connectivity index (χ2n) is 5.10. The molecule has 1 fully saturated rings. The molecule has 0 spiro atoms. The topological polar surface area (TPSA) is 36.4 Å². The quantitative estimate of drug-likeness (QED) is 0.915. The van der Waals surface area contributed by atoms with Crippen molar-refractivity contribution in [2.45, 2.75) is 25.8 Å². The van der Waals surface area contributed by atoms with Crippen molar-refractivity contribution in [1.82, 2.24) is 4.98 Å². The lowest BCUT2D eigenvalue weighted by molar-refractivity contribution is 0.266. The zero-order chi connectivity index (χ0) is 13.4. The molecule has 1 atom stereocenters. The van der Waals surface area contributed by atoms with Crippen molar-refractivity contribution in [2.24, 2.45) is 0 Å². The Balaban J connectivity index is 2.09. The molecular formula is C15H17ClN2O. The molecule has 19 heavy (non-hydrogen) atoms. The molecule has 1 aliphatic rings. The first-order valence-electron chi connectivity index (χ1n) is 6.64. The van der Waals surface area contributed by atoms with Crippen LogP contribution >= 0.6 is 11.6 Å². The monoisotopic (exact) mass is 276 g/mol. The average molecular weight is 277 g/mol. The molecule has 0 aliphatic carbocycles. The van der Waals surface area contributed by atoms with Gasteiger partial charge in [-0.2, -0.15) is 0 Å². The van der Waals surface area contributed by atoms with Crippen molar-refractivity contribution in [3.63, 3.8) is 0 Å². The second-order valence-corrected chi connectivity index (χ2v) is 5.51. The van der Waals surface area contributed by atoms with E-state index in [1.807, 2.05) is 31.2 Å². The number of aliphatic hydroxyl groups excluding tert-OH is 1. The zero-order valence-corrected chi connectivity index (χ0v) is 11.7. The van der Waals surface area contributed by atoms with Crippen LogP contribution in [0, 0.1) is 6.92 Å². The highest BCUT2D eigenvalue weighted by atomic mass is 35.5. The minimum Gasteiger partial charge on any atom is -0.394 e. The lowest BCUT2D eigenvalue weighted by Gasteiger charge is -2.24. The van der Waals surface area contributed by atoms with Gasteiger partial charge in [0.1, 0.15) is 5.82 Å². The van der Waals surface area contributed by atoms with E-state index in [0.717, 1.165) is 46.7 Å². The van der Waals surface area contributed by atoms with Crippen LogP contribution in [0.1, 0.15) is 18.4 Å². The van der Waals surface area contributed by atoms with Crippen LogP contribution in [0.15, 0.2) is 24.3 Å². The summed E-state index contributed by atoms with van der Waals surface area (Å²) in [4.78, 5) is 6.94. The number of aliphatic hydroxyl groups is 1. The van der Waals surface area contributed by atoms with Crippen LogP contribution in [0.3, 0.4) is 0 Å². The van der Waals surface area contributed by atoms with E-state index in [1.165, 1.54) is 0 Å². The zero-order valence-electron chi connectivity index (χ0n) is 10.9. The number of hydrogen-bond donors (Lipinski definition) is 1. The van der Waals surface area contributed by atoms with Gasteiger partial charge in [-0.3, -0.25) is 0 Å². The molecule has 1 aliphatic heterocycles. The Morgan fingerprint density at radius 2 is 2.21 bits per heavy atom. The molecule has 0 saturated carbocycles. The summed E-state index contributed by atoms with van der Waals surface area (Å²) in [5.41, 5.74) is 2.08. The smallest absolute Gasteiger partial charge is 0.129 e. The number of halogens is 1. The first-order chi connectivity index (χ1) is 9.20. The van der Waals surface area contributed by atoms with E-state index in [9.17, 15) is 5.11 Å². The van der Waals surface area contributed by atoms with Crippen LogP contribution in [-0.4, -0.2) is 29.3 Å². The van der Waals surface area contributed by atoms with Gasteiger partial charge in [0.15, 0.2) is 0 Å². The normalized spacial score (nSPS) is 19.3. The summed E-state index contributed by atoms with van der Waals surface area (Å²) < 4.78 is 0. The van der Waals surface area contributed by atoms with Gasteiger partial charge in [0.2, 0.25) is 0 Å². The summed E-state index contributed by atoms with van der Waals surface area (Å²) in [5.74, 6) is 0.939. The fourth-order valence-corrected chi connectivity index (χ4v) is 3.01. The fraction of sp³-hybridized carbons (Fsp3) is 0.400. The molecule has 4 heteroatoms. The number of hydrogen-bond acceptors (Lipinski definition) is 3. The van der Waals surface area contributed by atoms with Crippen molar-refractivity contribution in [1.29, 1.82) is 0 Å². The summed E-state index contributed by atoms with van der Waals surface area (Å²) in [6.45, 7) is 3.19. The van der Waals surface area contributed by atoms with Crippen LogP contribution in [0.4, 0.5) is 5.82 Å². The maximum absolute atomic E-state index is 9.42. The Morgan fingerprint density at radius 3 is 3.00 bits per heavy atom. The van der Waals surface area contributed by atoms with E-state index in [0.29, 0.717) is 0 Å². The van der Waals surface area contributed by atoms with Crippen molar-refractivity contribution >= 4 is 28.3 Å². The lowest BCUT2D eigenvalue weighted by Crippen LogP contribution is -2.32.